The second-order valence-corrected chi connectivity index (χ2v) is 5.84. The first-order valence-electron chi connectivity index (χ1n) is 7.36. The number of rotatable bonds is 3. The molecule has 1 fully saturated rings. The molecule has 1 N–H and O–H groups in total. The van der Waals surface area contributed by atoms with Gasteiger partial charge in [-0.15, -0.1) is 0 Å². The molecule has 1 saturated heterocycles. The Bertz CT molecular complexity index is 632. The Hall–Kier alpha value is -1.83. The third kappa shape index (κ3) is 4.82. The Morgan fingerprint density at radius 2 is 1.96 bits per heavy atom. The molecular weight excluding hydrogens is 313 g/mol. The molecule has 128 valence electrons. The predicted octanol–water partition coefficient (Wildman–Crippen LogP) is 2.18. The molecule has 1 aliphatic rings. The highest BCUT2D eigenvalue weighted by Crippen LogP contribution is 2.21. The van der Waals surface area contributed by atoms with Gasteiger partial charge in [0.25, 0.3) is 5.56 Å². The van der Waals surface area contributed by atoms with E-state index in [2.05, 4.69) is 4.98 Å². The largest absolute Gasteiger partial charge is 0.459 e. The average molecular weight is 332 g/mol. The number of carbonyl (C=O) groups excluding carboxylic acids is 1. The number of likely N-dealkylation sites (tertiary alicyclic amines) is 1. The predicted molar refractivity (Wildman–Crippen MR) is 77.5 cm³/mol. The topological polar surface area (TPSA) is 62.4 Å². The van der Waals surface area contributed by atoms with E-state index in [-0.39, 0.29) is 18.7 Å². The minimum atomic E-state index is -4.23. The van der Waals surface area contributed by atoms with Crippen molar-refractivity contribution in [1.82, 2.24) is 9.88 Å². The normalized spacial score (nSPS) is 17.3. The van der Waals surface area contributed by atoms with Crippen LogP contribution in [0.15, 0.2) is 10.9 Å². The number of aryl methyl sites for hydroxylation is 2. The van der Waals surface area contributed by atoms with Gasteiger partial charge in [-0.2, -0.15) is 13.2 Å². The number of H-pyrrole nitrogens is 1. The lowest BCUT2D eigenvalue weighted by molar-refractivity contribution is -0.150. The Morgan fingerprint density at radius 3 is 2.48 bits per heavy atom. The van der Waals surface area contributed by atoms with E-state index in [4.69, 9.17) is 4.74 Å². The van der Waals surface area contributed by atoms with Gasteiger partial charge < -0.3 is 9.72 Å². The van der Waals surface area contributed by atoms with Crippen LogP contribution in [0.25, 0.3) is 0 Å². The maximum Gasteiger partial charge on any atom is 0.401 e. The average Bonchev–Trinajstić information content (AvgIpc) is 2.38. The molecule has 1 aliphatic heterocycles. The molecule has 23 heavy (non-hydrogen) atoms. The van der Waals surface area contributed by atoms with Crippen LogP contribution < -0.4 is 5.56 Å². The van der Waals surface area contributed by atoms with Crippen LogP contribution in [0, 0.1) is 13.8 Å². The van der Waals surface area contributed by atoms with Gasteiger partial charge in [-0.25, -0.2) is 4.79 Å². The number of hydrogen-bond acceptors (Lipinski definition) is 4. The van der Waals surface area contributed by atoms with Gasteiger partial charge in [0.05, 0.1) is 6.54 Å². The highest BCUT2D eigenvalue weighted by atomic mass is 19.4. The molecule has 1 aromatic rings. The quantitative estimate of drug-likeness (QED) is 0.862. The lowest BCUT2D eigenvalue weighted by atomic mass is 10.1. The fraction of sp³-hybridized carbons (Fsp3) is 0.600. The second-order valence-electron chi connectivity index (χ2n) is 5.84. The molecule has 0 saturated carbocycles. The van der Waals surface area contributed by atoms with Crippen LogP contribution in [-0.2, 0) is 4.74 Å². The molecule has 0 unspecified atom stereocenters. The van der Waals surface area contributed by atoms with E-state index in [1.54, 1.807) is 19.9 Å². The van der Waals surface area contributed by atoms with Crippen molar-refractivity contribution in [2.75, 3.05) is 19.6 Å². The maximum atomic E-state index is 12.3. The van der Waals surface area contributed by atoms with Gasteiger partial charge in [0.15, 0.2) is 0 Å². The van der Waals surface area contributed by atoms with Crippen molar-refractivity contribution >= 4 is 5.97 Å². The van der Waals surface area contributed by atoms with Crippen LogP contribution in [0.3, 0.4) is 0 Å². The summed E-state index contributed by atoms with van der Waals surface area (Å²) in [6.45, 7) is 2.82. The van der Waals surface area contributed by atoms with Crippen molar-refractivity contribution in [3.63, 3.8) is 0 Å². The van der Waals surface area contributed by atoms with Crippen molar-refractivity contribution in [3.05, 3.63) is 33.2 Å². The van der Waals surface area contributed by atoms with E-state index in [1.807, 2.05) is 0 Å². The first-order chi connectivity index (χ1) is 10.7. The van der Waals surface area contributed by atoms with Crippen LogP contribution >= 0.6 is 0 Å². The van der Waals surface area contributed by atoms with Crippen molar-refractivity contribution in [2.45, 2.75) is 39.0 Å². The summed E-state index contributed by atoms with van der Waals surface area (Å²) in [5.74, 6) is -0.724. The number of nitrogens with one attached hydrogen (secondary N) is 1. The van der Waals surface area contributed by atoms with E-state index >= 15 is 0 Å². The van der Waals surface area contributed by atoms with Crippen molar-refractivity contribution < 1.29 is 22.7 Å². The van der Waals surface area contributed by atoms with Crippen LogP contribution in [0.2, 0.25) is 0 Å². The van der Waals surface area contributed by atoms with E-state index < -0.39 is 30.4 Å². The van der Waals surface area contributed by atoms with Crippen molar-refractivity contribution in [3.8, 4) is 0 Å². The van der Waals surface area contributed by atoms with Gasteiger partial charge in [0.1, 0.15) is 11.7 Å². The minimum absolute atomic E-state index is 0.0479. The third-order valence-corrected chi connectivity index (χ3v) is 3.78. The van der Waals surface area contributed by atoms with E-state index in [1.165, 1.54) is 4.90 Å². The number of aromatic amines is 1. The van der Waals surface area contributed by atoms with Gasteiger partial charge >= 0.3 is 12.1 Å². The highest BCUT2D eigenvalue weighted by Gasteiger charge is 2.33. The van der Waals surface area contributed by atoms with E-state index in [0.29, 0.717) is 24.1 Å². The summed E-state index contributed by atoms with van der Waals surface area (Å²) in [7, 11) is 0. The molecule has 0 bridgehead atoms. The number of ether oxygens (including phenoxy) is 1. The molecule has 0 aromatic carbocycles. The molecule has 5 nitrogen and oxygen atoms in total. The summed E-state index contributed by atoms with van der Waals surface area (Å²) in [6, 6.07) is 1.67. The zero-order valence-corrected chi connectivity index (χ0v) is 13.0. The van der Waals surface area contributed by atoms with E-state index in [0.717, 1.165) is 0 Å². The number of alkyl halides is 3. The summed E-state index contributed by atoms with van der Waals surface area (Å²) in [4.78, 5) is 27.8. The first kappa shape index (κ1) is 17.5. The Morgan fingerprint density at radius 1 is 1.35 bits per heavy atom. The standard InChI is InChI=1S/C15H19F3N2O3/c1-9-7-10(2)19-13(21)12(9)14(22)23-11-3-5-20(6-4-11)8-15(16,17)18/h7,11H,3-6,8H2,1-2H3,(H,19,21). The van der Waals surface area contributed by atoms with Gasteiger partial charge in [-0.05, 0) is 38.3 Å². The second kappa shape index (κ2) is 6.74. The van der Waals surface area contributed by atoms with Crippen molar-refractivity contribution in [1.29, 1.82) is 0 Å². The summed E-state index contributed by atoms with van der Waals surface area (Å²) < 4.78 is 42.3. The minimum Gasteiger partial charge on any atom is -0.459 e. The molecule has 2 rings (SSSR count). The fourth-order valence-electron chi connectivity index (χ4n) is 2.76. The van der Waals surface area contributed by atoms with Crippen molar-refractivity contribution in [2.24, 2.45) is 0 Å². The van der Waals surface area contributed by atoms with Gasteiger partial charge in [-0.1, -0.05) is 0 Å². The lowest BCUT2D eigenvalue weighted by Gasteiger charge is -2.31. The molecule has 0 aliphatic carbocycles. The Labute approximate surface area is 131 Å². The lowest BCUT2D eigenvalue weighted by Crippen LogP contribution is -2.42. The smallest absolute Gasteiger partial charge is 0.401 e. The number of aromatic nitrogens is 1. The molecule has 0 radical (unpaired) electrons. The SMILES string of the molecule is Cc1cc(C)c(C(=O)OC2CCN(CC(F)(F)F)CC2)c(=O)[nH]1. The number of halogens is 3. The summed E-state index contributed by atoms with van der Waals surface area (Å²) >= 11 is 0. The number of hydrogen-bond donors (Lipinski definition) is 1. The Balaban J connectivity index is 1.95. The summed E-state index contributed by atoms with van der Waals surface area (Å²) in [6.07, 6.45) is -4.04. The van der Waals surface area contributed by atoms with Gasteiger partial charge in [-0.3, -0.25) is 9.69 Å². The summed E-state index contributed by atoms with van der Waals surface area (Å²) in [5.41, 5.74) is 0.602. The molecule has 2 heterocycles. The van der Waals surface area contributed by atoms with Crippen LogP contribution in [0.5, 0.6) is 0 Å². The maximum absolute atomic E-state index is 12.3. The number of esters is 1. The van der Waals surface area contributed by atoms with Crippen LogP contribution in [0.4, 0.5) is 13.2 Å². The third-order valence-electron chi connectivity index (χ3n) is 3.78. The molecule has 0 spiro atoms. The molecule has 0 atom stereocenters. The van der Waals surface area contributed by atoms with E-state index in [9.17, 15) is 22.8 Å². The zero-order chi connectivity index (χ0) is 17.2. The molecule has 8 heteroatoms. The number of pyridine rings is 1. The van der Waals surface area contributed by atoms with Gasteiger partial charge in [0.2, 0.25) is 0 Å². The number of piperidine rings is 1. The monoisotopic (exact) mass is 332 g/mol. The zero-order valence-electron chi connectivity index (χ0n) is 13.0. The number of carbonyl (C=O) groups is 1. The number of nitrogens with zero attached hydrogens (tertiary/aromatic N) is 1. The molecule has 1 aromatic heterocycles. The highest BCUT2D eigenvalue weighted by molar-refractivity contribution is 5.90. The van der Waals surface area contributed by atoms with Crippen LogP contribution in [0.1, 0.15) is 34.5 Å². The van der Waals surface area contributed by atoms with Crippen LogP contribution in [-0.4, -0.2) is 47.8 Å². The summed E-state index contributed by atoms with van der Waals surface area (Å²) in [5, 5.41) is 0. The van der Waals surface area contributed by atoms with Gasteiger partial charge in [0, 0.05) is 18.8 Å². The fourth-order valence-corrected chi connectivity index (χ4v) is 2.76. The Kier molecular flexibility index (Phi) is 5.13. The molecule has 0 amide bonds. The first-order valence-corrected chi connectivity index (χ1v) is 7.36. The molecular formula is C15H19F3N2O3.